The van der Waals surface area contributed by atoms with Gasteiger partial charge < -0.3 is 28.4 Å². The summed E-state index contributed by atoms with van der Waals surface area (Å²) in [7, 11) is 1.73. The van der Waals surface area contributed by atoms with Gasteiger partial charge in [-0.15, -0.1) is 0 Å². The van der Waals surface area contributed by atoms with Gasteiger partial charge in [-0.3, -0.25) is 0 Å². The molecule has 0 spiro atoms. The molecule has 0 aliphatic carbocycles. The summed E-state index contributed by atoms with van der Waals surface area (Å²) in [5.74, 6) is -2.68. The highest BCUT2D eigenvalue weighted by atomic mass is 16.8. The second kappa shape index (κ2) is 12.2. The summed E-state index contributed by atoms with van der Waals surface area (Å²) in [5, 5.41) is 0. The number of methoxy groups -OCH3 is 1. The molecule has 0 radical (unpaired) electrons. The van der Waals surface area contributed by atoms with Crippen molar-refractivity contribution in [3.05, 3.63) is 0 Å². The third-order valence-electron chi connectivity index (χ3n) is 16.8. The molecule has 6 nitrogen and oxygen atoms in total. The molecular weight excluding hydrogens is 600 g/mol. The summed E-state index contributed by atoms with van der Waals surface area (Å²) in [4.78, 5) is 0. The second-order valence-electron chi connectivity index (χ2n) is 20.3. The summed E-state index contributed by atoms with van der Waals surface area (Å²) < 4.78 is 42.3. The zero-order valence-corrected chi connectivity index (χ0v) is 36.1. The lowest BCUT2D eigenvalue weighted by Crippen LogP contribution is -2.80. The van der Waals surface area contributed by atoms with E-state index in [2.05, 4.69) is 152 Å². The van der Waals surface area contributed by atoms with E-state index in [-0.39, 0.29) is 46.7 Å². The van der Waals surface area contributed by atoms with Gasteiger partial charge in [-0.2, -0.15) is 0 Å². The van der Waals surface area contributed by atoms with Gasteiger partial charge in [-0.1, -0.05) is 118 Å². The first kappa shape index (κ1) is 45.8. The Kier molecular flexibility index (Phi) is 11.6. The molecule has 3 fully saturated rings. The minimum atomic E-state index is -0.999. The van der Waals surface area contributed by atoms with Crippen molar-refractivity contribution in [2.45, 2.75) is 227 Å². The highest BCUT2D eigenvalue weighted by molar-refractivity contribution is 5.20. The summed E-state index contributed by atoms with van der Waals surface area (Å²) >= 11 is 0. The molecule has 288 valence electrons. The van der Waals surface area contributed by atoms with Crippen LogP contribution in [-0.4, -0.2) is 53.5 Å². The van der Waals surface area contributed by atoms with E-state index in [4.69, 9.17) is 28.4 Å². The molecule has 6 unspecified atom stereocenters. The Morgan fingerprint density at radius 2 is 0.896 bits per heavy atom. The van der Waals surface area contributed by atoms with Crippen LogP contribution in [0.4, 0.5) is 0 Å². The van der Waals surface area contributed by atoms with Crippen LogP contribution in [0.2, 0.25) is 0 Å². The van der Waals surface area contributed by atoms with Gasteiger partial charge in [0, 0.05) is 34.2 Å². The predicted molar refractivity (Wildman–Crippen MR) is 202 cm³/mol. The molecule has 6 heteroatoms. The molecule has 0 aromatic rings. The van der Waals surface area contributed by atoms with Crippen molar-refractivity contribution in [1.82, 2.24) is 0 Å². The van der Waals surface area contributed by atoms with E-state index in [1.165, 1.54) is 0 Å². The fraction of sp³-hybridized carbons (Fsp3) is 1.00. The maximum atomic E-state index is 7.58. The van der Waals surface area contributed by atoms with Crippen LogP contribution >= 0.6 is 0 Å². The molecule has 3 rings (SSSR count). The number of hydrogen-bond donors (Lipinski definition) is 0. The quantitative estimate of drug-likeness (QED) is 0.287. The van der Waals surface area contributed by atoms with Gasteiger partial charge in [0.05, 0.1) is 23.4 Å². The van der Waals surface area contributed by atoms with E-state index in [9.17, 15) is 0 Å². The SMILES string of the molecule is C.CC.COC1(C)OC(C)(C)C(OC2(C)OC(C)(C)C(C)(OC3(C)OC(C)C(C)(C)C(C)(C)C3(C)C)C(C)(C)C2(C)C)C(C)(C)C1(C)C. The predicted octanol–water partition coefficient (Wildman–Crippen LogP) is 11.8. The third-order valence-corrected chi connectivity index (χ3v) is 16.8. The van der Waals surface area contributed by atoms with Crippen LogP contribution in [-0.2, 0) is 28.4 Å². The zero-order valence-electron chi connectivity index (χ0n) is 36.1. The molecule has 3 aliphatic heterocycles. The van der Waals surface area contributed by atoms with Crippen LogP contribution in [0.1, 0.15) is 181 Å². The van der Waals surface area contributed by atoms with E-state index in [1.54, 1.807) is 7.11 Å². The molecule has 48 heavy (non-hydrogen) atoms. The minimum Gasteiger partial charge on any atom is -0.353 e. The summed E-state index contributed by atoms with van der Waals surface area (Å²) in [6.45, 7) is 55.4. The molecule has 0 aromatic carbocycles. The second-order valence-corrected chi connectivity index (χ2v) is 20.3. The fourth-order valence-corrected chi connectivity index (χ4v) is 9.38. The molecular formula is C42H84O6. The lowest BCUT2D eigenvalue weighted by Gasteiger charge is -2.73. The van der Waals surface area contributed by atoms with Gasteiger partial charge in [0.2, 0.25) is 0 Å². The summed E-state index contributed by atoms with van der Waals surface area (Å²) in [6.07, 6.45) is -0.324. The largest absolute Gasteiger partial charge is 0.353 e. The standard InChI is InChI=1S/C39H74O6.C2H6.CH4/c1-25-27(2,3)30(8,9)33(14,15)38(22,41-25)45-36(20)32(12,13)34(16,17)39(23,44-35(36,18)19)42-26-28(4,5)31(10,11)37(21,40-24)43-29(26,6)7;1-2;/h25-26H,1-24H3;1-2H3;1H4. The number of ether oxygens (including phenoxy) is 6. The fourth-order valence-electron chi connectivity index (χ4n) is 9.38. The van der Waals surface area contributed by atoms with Crippen molar-refractivity contribution in [3.63, 3.8) is 0 Å². The maximum Gasteiger partial charge on any atom is 0.172 e. The first-order valence-electron chi connectivity index (χ1n) is 18.4. The highest BCUT2D eigenvalue weighted by Crippen LogP contribution is 2.70. The van der Waals surface area contributed by atoms with Gasteiger partial charge in [-0.25, -0.2) is 0 Å². The lowest BCUT2D eigenvalue weighted by atomic mass is 9.48. The lowest BCUT2D eigenvalue weighted by molar-refractivity contribution is -0.497. The van der Waals surface area contributed by atoms with Gasteiger partial charge in [0.1, 0.15) is 5.60 Å². The van der Waals surface area contributed by atoms with Crippen LogP contribution in [0.25, 0.3) is 0 Å². The van der Waals surface area contributed by atoms with Gasteiger partial charge in [0.15, 0.2) is 17.4 Å². The van der Waals surface area contributed by atoms with Crippen molar-refractivity contribution >= 4 is 0 Å². The molecule has 0 aromatic heterocycles. The monoisotopic (exact) mass is 685 g/mol. The van der Waals surface area contributed by atoms with Crippen molar-refractivity contribution in [2.75, 3.05) is 7.11 Å². The Hall–Kier alpha value is -0.240. The van der Waals surface area contributed by atoms with E-state index in [0.717, 1.165) is 0 Å². The van der Waals surface area contributed by atoms with E-state index < -0.39 is 45.0 Å². The van der Waals surface area contributed by atoms with E-state index >= 15 is 0 Å². The van der Waals surface area contributed by atoms with Crippen molar-refractivity contribution in [1.29, 1.82) is 0 Å². The van der Waals surface area contributed by atoms with Crippen molar-refractivity contribution in [3.8, 4) is 0 Å². The molecule has 3 saturated heterocycles. The first-order chi connectivity index (χ1) is 20.4. The Bertz CT molecular complexity index is 1160. The minimum absolute atomic E-state index is 0. The van der Waals surface area contributed by atoms with Crippen LogP contribution < -0.4 is 0 Å². The zero-order chi connectivity index (χ0) is 37.9. The molecule has 0 saturated carbocycles. The highest BCUT2D eigenvalue weighted by Gasteiger charge is 2.76. The summed E-state index contributed by atoms with van der Waals surface area (Å²) in [5.41, 5.74) is -4.44. The molecule has 3 aliphatic rings. The first-order valence-corrected chi connectivity index (χ1v) is 18.4. The number of hydrogen-bond acceptors (Lipinski definition) is 6. The van der Waals surface area contributed by atoms with Crippen molar-refractivity contribution in [2.24, 2.45) is 37.9 Å². The molecule has 0 amide bonds. The van der Waals surface area contributed by atoms with E-state index in [1.807, 2.05) is 20.8 Å². The van der Waals surface area contributed by atoms with Crippen LogP contribution in [0, 0.1) is 37.9 Å². The smallest absolute Gasteiger partial charge is 0.172 e. The molecule has 3 heterocycles. The van der Waals surface area contributed by atoms with Crippen LogP contribution in [0.15, 0.2) is 0 Å². The average Bonchev–Trinajstić information content (AvgIpc) is 2.89. The number of rotatable bonds is 5. The topological polar surface area (TPSA) is 55.4 Å². The maximum absolute atomic E-state index is 7.58. The Balaban J connectivity index is 0.00000377. The Morgan fingerprint density at radius 1 is 0.479 bits per heavy atom. The Morgan fingerprint density at radius 3 is 1.31 bits per heavy atom. The Labute approximate surface area is 299 Å². The van der Waals surface area contributed by atoms with Crippen molar-refractivity contribution < 1.29 is 28.4 Å². The summed E-state index contributed by atoms with van der Waals surface area (Å²) in [6, 6.07) is 0. The molecule has 6 atom stereocenters. The average molecular weight is 685 g/mol. The van der Waals surface area contributed by atoms with Gasteiger partial charge in [0.25, 0.3) is 0 Å². The molecule has 0 bridgehead atoms. The normalized spacial score (nSPS) is 42.4. The van der Waals surface area contributed by atoms with Gasteiger partial charge in [-0.05, 0) is 73.1 Å². The molecule has 0 N–H and O–H groups in total. The van der Waals surface area contributed by atoms with Gasteiger partial charge >= 0.3 is 0 Å². The third kappa shape index (κ3) is 5.44. The van der Waals surface area contributed by atoms with E-state index in [0.29, 0.717) is 0 Å². The van der Waals surface area contributed by atoms with Crippen LogP contribution in [0.3, 0.4) is 0 Å². The van der Waals surface area contributed by atoms with Crippen LogP contribution in [0.5, 0.6) is 0 Å².